The van der Waals surface area contributed by atoms with Crippen LogP contribution >= 0.6 is 0 Å². The summed E-state index contributed by atoms with van der Waals surface area (Å²) < 4.78 is 33.3. The molecule has 18 heavy (non-hydrogen) atoms. The zero-order valence-electron chi connectivity index (χ0n) is 10.0. The Kier molecular flexibility index (Phi) is 3.14. The molecule has 2 aromatic rings. The quantitative estimate of drug-likeness (QED) is 0.846. The highest BCUT2D eigenvalue weighted by molar-refractivity contribution is 7.92. The third kappa shape index (κ3) is 2.39. The molecule has 3 N–H and O–H groups in total. The van der Waals surface area contributed by atoms with Gasteiger partial charge in [0, 0.05) is 25.4 Å². The zero-order valence-corrected chi connectivity index (χ0v) is 10.9. The van der Waals surface area contributed by atoms with Crippen LogP contribution in [-0.2, 0) is 23.6 Å². The summed E-state index contributed by atoms with van der Waals surface area (Å²) in [6.07, 6.45) is 1.64. The molecular weight excluding hydrogens is 256 g/mol. The smallest absolute Gasteiger partial charge is 0.266 e. The van der Waals surface area contributed by atoms with Gasteiger partial charge in [-0.15, -0.1) is 0 Å². The molecule has 0 aliphatic carbocycles. The average molecular weight is 270 g/mol. The van der Waals surface area contributed by atoms with Gasteiger partial charge >= 0.3 is 0 Å². The van der Waals surface area contributed by atoms with E-state index in [9.17, 15) is 8.42 Å². The largest absolute Gasteiger partial charge is 0.464 e. The van der Waals surface area contributed by atoms with Gasteiger partial charge in [0.15, 0.2) is 5.82 Å². The number of nitrogens with one attached hydrogen (secondary N) is 1. The topological polar surface area (TPSA) is 103 Å². The molecule has 2 aromatic heterocycles. The summed E-state index contributed by atoms with van der Waals surface area (Å²) >= 11 is 0. The molecule has 8 heteroatoms. The van der Waals surface area contributed by atoms with Gasteiger partial charge in [0.25, 0.3) is 10.0 Å². The van der Waals surface area contributed by atoms with Crippen LogP contribution in [0.2, 0.25) is 0 Å². The molecule has 0 spiro atoms. The van der Waals surface area contributed by atoms with Crippen LogP contribution in [0.5, 0.6) is 0 Å². The second kappa shape index (κ2) is 4.46. The maximum Gasteiger partial charge on any atom is 0.266 e. The highest BCUT2D eigenvalue weighted by atomic mass is 32.2. The van der Waals surface area contributed by atoms with Crippen molar-refractivity contribution in [3.05, 3.63) is 29.9 Å². The summed E-state index contributed by atoms with van der Waals surface area (Å²) in [4.78, 5) is 0.0774. The van der Waals surface area contributed by atoms with Crippen molar-refractivity contribution in [2.75, 3.05) is 4.72 Å². The van der Waals surface area contributed by atoms with Crippen LogP contribution in [-0.4, -0.2) is 18.2 Å². The van der Waals surface area contributed by atoms with Crippen molar-refractivity contribution < 1.29 is 12.8 Å². The van der Waals surface area contributed by atoms with Crippen molar-refractivity contribution in [3.63, 3.8) is 0 Å². The number of aromatic nitrogens is 2. The van der Waals surface area contributed by atoms with Gasteiger partial charge < -0.3 is 10.2 Å². The molecule has 2 rings (SSSR count). The van der Waals surface area contributed by atoms with Gasteiger partial charge in [-0.1, -0.05) is 0 Å². The number of nitrogens with two attached hydrogens (primary N) is 1. The Morgan fingerprint density at radius 2 is 2.28 bits per heavy atom. The van der Waals surface area contributed by atoms with Crippen LogP contribution in [0.4, 0.5) is 5.82 Å². The first-order valence-corrected chi connectivity index (χ1v) is 6.72. The monoisotopic (exact) mass is 270 g/mol. The molecule has 0 unspecified atom stereocenters. The molecule has 2 heterocycles. The molecule has 0 aliphatic heterocycles. The molecular formula is C10H14N4O3S. The van der Waals surface area contributed by atoms with Gasteiger partial charge in [-0.2, -0.15) is 5.10 Å². The van der Waals surface area contributed by atoms with Crippen molar-refractivity contribution in [1.29, 1.82) is 0 Å². The normalized spacial score (nSPS) is 11.7. The van der Waals surface area contributed by atoms with Crippen LogP contribution in [0, 0.1) is 6.92 Å². The summed E-state index contributed by atoms with van der Waals surface area (Å²) in [5.74, 6) is 0.986. The molecule has 0 saturated heterocycles. The van der Waals surface area contributed by atoms with Crippen molar-refractivity contribution in [1.82, 2.24) is 9.78 Å². The first kappa shape index (κ1) is 12.7. The molecule has 7 nitrogen and oxygen atoms in total. The number of anilines is 1. The number of hydrogen-bond acceptors (Lipinski definition) is 5. The minimum absolute atomic E-state index is 0.0774. The average Bonchev–Trinajstić information content (AvgIpc) is 2.84. The van der Waals surface area contributed by atoms with Crippen molar-refractivity contribution >= 4 is 15.8 Å². The number of hydrogen-bond donors (Lipinski definition) is 2. The van der Waals surface area contributed by atoms with Gasteiger partial charge in [0.1, 0.15) is 16.4 Å². The van der Waals surface area contributed by atoms with Crippen LogP contribution in [0.3, 0.4) is 0 Å². The lowest BCUT2D eigenvalue weighted by atomic mass is 10.4. The Bertz CT molecular complexity index is 656. The Hall–Kier alpha value is -1.80. The van der Waals surface area contributed by atoms with E-state index < -0.39 is 10.0 Å². The molecule has 0 radical (unpaired) electrons. The van der Waals surface area contributed by atoms with Crippen molar-refractivity contribution in [2.45, 2.75) is 18.4 Å². The van der Waals surface area contributed by atoms with E-state index in [2.05, 4.69) is 9.82 Å². The molecule has 0 fully saturated rings. The van der Waals surface area contributed by atoms with E-state index in [1.807, 2.05) is 0 Å². The maximum absolute atomic E-state index is 12.1. The Morgan fingerprint density at radius 1 is 1.56 bits per heavy atom. The highest BCUT2D eigenvalue weighted by Gasteiger charge is 2.21. The van der Waals surface area contributed by atoms with Crippen LogP contribution in [0.15, 0.2) is 27.6 Å². The zero-order chi connectivity index (χ0) is 13.3. The Balaban J connectivity index is 2.33. The van der Waals surface area contributed by atoms with Gasteiger partial charge in [-0.25, -0.2) is 8.42 Å². The lowest BCUT2D eigenvalue weighted by molar-refractivity contribution is 0.479. The number of furan rings is 1. The fourth-order valence-corrected chi connectivity index (χ4v) is 2.75. The first-order chi connectivity index (χ1) is 8.42. The Morgan fingerprint density at radius 3 is 2.78 bits per heavy atom. The molecule has 0 amide bonds. The second-order valence-corrected chi connectivity index (χ2v) is 5.47. The van der Waals surface area contributed by atoms with Crippen molar-refractivity contribution in [3.8, 4) is 0 Å². The van der Waals surface area contributed by atoms with E-state index in [-0.39, 0.29) is 17.3 Å². The summed E-state index contributed by atoms with van der Waals surface area (Å²) in [5.41, 5.74) is 5.41. The number of sulfonamides is 1. The van der Waals surface area contributed by atoms with Crippen molar-refractivity contribution in [2.24, 2.45) is 12.8 Å². The number of aryl methyl sites for hydroxylation is 2. The first-order valence-electron chi connectivity index (χ1n) is 5.24. The second-order valence-electron chi connectivity index (χ2n) is 3.82. The molecule has 0 aliphatic rings. The summed E-state index contributed by atoms with van der Waals surface area (Å²) in [6, 6.07) is 2.98. The SMILES string of the molecule is Cc1oc(CN)cc1S(=O)(=O)Nc1ccn(C)n1. The third-order valence-electron chi connectivity index (χ3n) is 2.37. The maximum atomic E-state index is 12.1. The van der Waals surface area contributed by atoms with Crippen LogP contribution < -0.4 is 10.5 Å². The lowest BCUT2D eigenvalue weighted by Crippen LogP contribution is -2.13. The predicted molar refractivity (Wildman–Crippen MR) is 65.4 cm³/mol. The van der Waals surface area contributed by atoms with Gasteiger partial charge in [0.2, 0.25) is 0 Å². The van der Waals surface area contributed by atoms with Gasteiger partial charge in [-0.05, 0) is 6.92 Å². The van der Waals surface area contributed by atoms with Crippen LogP contribution in [0.25, 0.3) is 0 Å². The van der Waals surface area contributed by atoms with E-state index in [0.717, 1.165) is 0 Å². The standard InChI is InChI=1S/C10H14N4O3S/c1-7-9(5-8(6-11)17-7)18(15,16)13-10-3-4-14(2)12-10/h3-5H,6,11H2,1-2H3,(H,12,13). The molecule has 0 saturated carbocycles. The fourth-order valence-electron chi connectivity index (χ4n) is 1.55. The lowest BCUT2D eigenvalue weighted by Gasteiger charge is -2.03. The molecule has 0 bridgehead atoms. The minimum atomic E-state index is -3.70. The fraction of sp³-hybridized carbons (Fsp3) is 0.300. The highest BCUT2D eigenvalue weighted by Crippen LogP contribution is 2.21. The van der Waals surface area contributed by atoms with E-state index >= 15 is 0 Å². The van der Waals surface area contributed by atoms with E-state index in [0.29, 0.717) is 11.5 Å². The van der Waals surface area contributed by atoms with Gasteiger partial charge in [-0.3, -0.25) is 9.40 Å². The van der Waals surface area contributed by atoms with E-state index in [1.54, 1.807) is 26.2 Å². The predicted octanol–water partition coefficient (Wildman–Crippen LogP) is 0.581. The van der Waals surface area contributed by atoms with E-state index in [4.69, 9.17) is 10.2 Å². The summed E-state index contributed by atoms with van der Waals surface area (Å²) in [7, 11) is -1.99. The Labute approximate surface area is 105 Å². The molecule has 98 valence electrons. The molecule has 0 atom stereocenters. The summed E-state index contributed by atoms with van der Waals surface area (Å²) in [6.45, 7) is 1.73. The van der Waals surface area contributed by atoms with Gasteiger partial charge in [0.05, 0.1) is 6.54 Å². The number of nitrogens with zero attached hydrogens (tertiary/aromatic N) is 2. The number of rotatable bonds is 4. The molecule has 0 aromatic carbocycles. The van der Waals surface area contributed by atoms with Crippen LogP contribution in [0.1, 0.15) is 11.5 Å². The van der Waals surface area contributed by atoms with E-state index in [1.165, 1.54) is 10.7 Å². The minimum Gasteiger partial charge on any atom is -0.464 e. The summed E-state index contributed by atoms with van der Waals surface area (Å²) in [5, 5.41) is 3.95. The third-order valence-corrected chi connectivity index (χ3v) is 3.83.